The van der Waals surface area contributed by atoms with E-state index < -0.39 is 17.7 Å². The van der Waals surface area contributed by atoms with Crippen molar-refractivity contribution in [1.29, 1.82) is 0 Å². The number of carbonyl (C=O) groups is 1. The Balaban J connectivity index is 1.93. The van der Waals surface area contributed by atoms with Crippen molar-refractivity contribution in [1.82, 2.24) is 0 Å². The fourth-order valence-electron chi connectivity index (χ4n) is 2.33. The van der Waals surface area contributed by atoms with E-state index in [0.717, 1.165) is 37.8 Å². The highest BCUT2D eigenvalue weighted by Crippen LogP contribution is 2.25. The van der Waals surface area contributed by atoms with Crippen LogP contribution in [0.25, 0.3) is 0 Å². The summed E-state index contributed by atoms with van der Waals surface area (Å²) < 4.78 is 31.3. The Labute approximate surface area is 117 Å². The van der Waals surface area contributed by atoms with E-state index in [1.807, 2.05) is 0 Å². The molecule has 1 aliphatic heterocycles. The lowest BCUT2D eigenvalue weighted by Crippen LogP contribution is -2.24. The van der Waals surface area contributed by atoms with Gasteiger partial charge in [0.2, 0.25) is 0 Å². The number of hydrogen-bond acceptors (Lipinski definition) is 2. The second kappa shape index (κ2) is 6.68. The Morgan fingerprint density at radius 3 is 2.75 bits per heavy atom. The van der Waals surface area contributed by atoms with Gasteiger partial charge in [-0.15, -0.1) is 0 Å². The number of benzene rings is 1. The van der Waals surface area contributed by atoms with Crippen molar-refractivity contribution in [2.75, 3.05) is 11.4 Å². The lowest BCUT2D eigenvalue weighted by Gasteiger charge is -2.13. The van der Waals surface area contributed by atoms with E-state index in [1.165, 1.54) is 17.4 Å². The van der Waals surface area contributed by atoms with Crippen LogP contribution < -0.4 is 4.90 Å². The van der Waals surface area contributed by atoms with E-state index in [-0.39, 0.29) is 6.10 Å². The number of rotatable bonds is 6. The monoisotopic (exact) mass is 283 g/mol. The van der Waals surface area contributed by atoms with Crippen LogP contribution in [-0.2, 0) is 4.74 Å². The molecule has 0 N–H and O–H groups in total. The number of unbranched alkanes of at least 4 members (excludes halogenated alkanes) is 3. The number of halogens is 2. The molecule has 2 rings (SSSR count). The Morgan fingerprint density at radius 2 is 2.05 bits per heavy atom. The number of amides is 1. The summed E-state index contributed by atoms with van der Waals surface area (Å²) in [5.41, 5.74) is 0.338. The molecule has 20 heavy (non-hydrogen) atoms. The van der Waals surface area contributed by atoms with Crippen LogP contribution in [0.15, 0.2) is 18.2 Å². The van der Waals surface area contributed by atoms with Crippen LogP contribution in [0.5, 0.6) is 0 Å². The first-order valence-corrected chi connectivity index (χ1v) is 7.05. The van der Waals surface area contributed by atoms with E-state index in [9.17, 15) is 13.6 Å². The van der Waals surface area contributed by atoms with Crippen molar-refractivity contribution >= 4 is 11.8 Å². The van der Waals surface area contributed by atoms with Crippen LogP contribution in [0.4, 0.5) is 19.3 Å². The molecule has 3 nitrogen and oxygen atoms in total. The average Bonchev–Trinajstić information content (AvgIpc) is 2.79. The molecule has 0 aromatic heterocycles. The summed E-state index contributed by atoms with van der Waals surface area (Å²) in [5.74, 6) is -1.88. The van der Waals surface area contributed by atoms with Crippen LogP contribution >= 0.6 is 0 Å². The molecule has 1 aromatic carbocycles. The largest absolute Gasteiger partial charge is 0.444 e. The van der Waals surface area contributed by atoms with Crippen molar-refractivity contribution in [3.05, 3.63) is 29.8 Å². The van der Waals surface area contributed by atoms with Gasteiger partial charge < -0.3 is 4.74 Å². The molecule has 5 heteroatoms. The Kier molecular flexibility index (Phi) is 4.93. The summed E-state index contributed by atoms with van der Waals surface area (Å²) >= 11 is 0. The zero-order valence-corrected chi connectivity index (χ0v) is 11.6. The maximum atomic E-state index is 13.2. The minimum Gasteiger partial charge on any atom is -0.444 e. The molecule has 1 fully saturated rings. The highest BCUT2D eigenvalue weighted by molar-refractivity contribution is 5.89. The first-order chi connectivity index (χ1) is 9.61. The summed E-state index contributed by atoms with van der Waals surface area (Å²) in [5, 5.41) is 0. The molecule has 1 atom stereocenters. The molecule has 1 saturated heterocycles. The molecule has 0 bridgehead atoms. The predicted octanol–water partition coefficient (Wildman–Crippen LogP) is 4.26. The fraction of sp³-hybridized carbons (Fsp3) is 0.533. The van der Waals surface area contributed by atoms with Gasteiger partial charge in [-0.3, -0.25) is 4.90 Å². The SMILES string of the molecule is CCCCCCC1CN(c2ccc(F)c(F)c2)C(=O)O1. The molecule has 1 heterocycles. The number of hydrogen-bond donors (Lipinski definition) is 0. The van der Waals surface area contributed by atoms with Gasteiger partial charge in [0.05, 0.1) is 12.2 Å². The van der Waals surface area contributed by atoms with Crippen molar-refractivity contribution in [3.63, 3.8) is 0 Å². The Hall–Kier alpha value is -1.65. The zero-order valence-electron chi connectivity index (χ0n) is 11.6. The smallest absolute Gasteiger partial charge is 0.414 e. The second-order valence-electron chi connectivity index (χ2n) is 5.06. The summed E-state index contributed by atoms with van der Waals surface area (Å²) in [4.78, 5) is 13.1. The van der Waals surface area contributed by atoms with Gasteiger partial charge >= 0.3 is 6.09 Å². The Bertz CT molecular complexity index is 479. The molecule has 0 saturated carbocycles. The van der Waals surface area contributed by atoms with Crippen LogP contribution in [-0.4, -0.2) is 18.7 Å². The maximum Gasteiger partial charge on any atom is 0.414 e. The van der Waals surface area contributed by atoms with Gasteiger partial charge in [0.1, 0.15) is 6.10 Å². The van der Waals surface area contributed by atoms with Crippen molar-refractivity contribution < 1.29 is 18.3 Å². The standard InChI is InChI=1S/C15H19F2NO2/c1-2-3-4-5-6-12-10-18(15(19)20-12)11-7-8-13(16)14(17)9-11/h7-9,12H,2-6,10H2,1H3. The lowest BCUT2D eigenvalue weighted by molar-refractivity contribution is 0.135. The highest BCUT2D eigenvalue weighted by Gasteiger charge is 2.32. The quantitative estimate of drug-likeness (QED) is 0.730. The molecule has 0 spiro atoms. The lowest BCUT2D eigenvalue weighted by atomic mass is 10.1. The summed E-state index contributed by atoms with van der Waals surface area (Å²) in [6.07, 6.45) is 4.63. The molecule has 0 radical (unpaired) electrons. The van der Waals surface area contributed by atoms with Gasteiger partial charge in [-0.2, -0.15) is 0 Å². The van der Waals surface area contributed by atoms with Crippen LogP contribution in [0.3, 0.4) is 0 Å². The molecule has 1 aromatic rings. The molecule has 1 amide bonds. The van der Waals surface area contributed by atoms with Crippen LogP contribution in [0.1, 0.15) is 39.0 Å². The van der Waals surface area contributed by atoms with E-state index in [2.05, 4.69) is 6.92 Å². The third-order valence-electron chi connectivity index (χ3n) is 3.47. The van der Waals surface area contributed by atoms with E-state index in [4.69, 9.17) is 4.74 Å². The summed E-state index contributed by atoms with van der Waals surface area (Å²) in [6, 6.07) is 3.43. The van der Waals surface area contributed by atoms with Crippen molar-refractivity contribution in [3.8, 4) is 0 Å². The normalized spacial score (nSPS) is 18.4. The van der Waals surface area contributed by atoms with E-state index in [1.54, 1.807) is 0 Å². The number of nitrogens with zero attached hydrogens (tertiary/aromatic N) is 1. The molecule has 0 aliphatic carbocycles. The number of anilines is 1. The van der Waals surface area contributed by atoms with Gasteiger partial charge in [0.25, 0.3) is 0 Å². The van der Waals surface area contributed by atoms with Crippen LogP contribution in [0, 0.1) is 11.6 Å². The zero-order chi connectivity index (χ0) is 14.5. The minimum absolute atomic E-state index is 0.160. The van der Waals surface area contributed by atoms with Crippen molar-refractivity contribution in [2.24, 2.45) is 0 Å². The van der Waals surface area contributed by atoms with Gasteiger partial charge in [0, 0.05) is 6.07 Å². The van der Waals surface area contributed by atoms with Gasteiger partial charge in [-0.05, 0) is 25.0 Å². The van der Waals surface area contributed by atoms with Gasteiger partial charge in [-0.1, -0.05) is 26.2 Å². The third-order valence-corrected chi connectivity index (χ3v) is 3.47. The number of ether oxygens (including phenoxy) is 1. The topological polar surface area (TPSA) is 29.5 Å². The average molecular weight is 283 g/mol. The predicted molar refractivity (Wildman–Crippen MR) is 72.7 cm³/mol. The molecule has 110 valence electrons. The Morgan fingerprint density at radius 1 is 1.25 bits per heavy atom. The highest BCUT2D eigenvalue weighted by atomic mass is 19.2. The summed E-state index contributed by atoms with van der Waals surface area (Å²) in [6.45, 7) is 2.54. The summed E-state index contributed by atoms with van der Waals surface area (Å²) in [7, 11) is 0. The van der Waals surface area contributed by atoms with E-state index >= 15 is 0 Å². The molecular formula is C15H19F2NO2. The third kappa shape index (κ3) is 3.46. The number of carbonyl (C=O) groups excluding carboxylic acids is 1. The maximum absolute atomic E-state index is 13.2. The molecule has 1 unspecified atom stereocenters. The fourth-order valence-corrected chi connectivity index (χ4v) is 2.33. The van der Waals surface area contributed by atoms with Gasteiger partial charge in [0.15, 0.2) is 11.6 Å². The van der Waals surface area contributed by atoms with Crippen LogP contribution in [0.2, 0.25) is 0 Å². The van der Waals surface area contributed by atoms with Crippen molar-refractivity contribution in [2.45, 2.75) is 45.1 Å². The molecular weight excluding hydrogens is 264 g/mol. The minimum atomic E-state index is -0.957. The van der Waals surface area contributed by atoms with Gasteiger partial charge in [-0.25, -0.2) is 13.6 Å². The second-order valence-corrected chi connectivity index (χ2v) is 5.06. The molecule has 1 aliphatic rings. The first-order valence-electron chi connectivity index (χ1n) is 7.05. The number of cyclic esters (lactones) is 1. The first kappa shape index (κ1) is 14.8. The van der Waals surface area contributed by atoms with E-state index in [0.29, 0.717) is 12.2 Å².